The molecule has 0 aliphatic carbocycles. The number of oxazole rings is 1. The van der Waals surface area contributed by atoms with Crippen molar-refractivity contribution >= 4 is 11.6 Å². The maximum absolute atomic E-state index is 9.16. The Balaban J connectivity index is 1.62. The highest BCUT2D eigenvalue weighted by atomic mass is 35.5. The standard InChI is InChI=1S/C16H19ClN2O2/c17-14-3-1-13(2-4-14)15-9-18-16(21-15)10-19-7-5-12(11-20)6-8-19/h1-4,9,12,20H,5-8,10-11H2. The third-order valence-electron chi connectivity index (χ3n) is 4.01. The van der Waals surface area contributed by atoms with Crippen LogP contribution in [0.25, 0.3) is 11.3 Å². The predicted molar refractivity (Wildman–Crippen MR) is 82.0 cm³/mol. The molecule has 1 fully saturated rings. The third kappa shape index (κ3) is 3.64. The number of benzene rings is 1. The fourth-order valence-electron chi connectivity index (χ4n) is 2.65. The number of hydrogen-bond acceptors (Lipinski definition) is 4. The van der Waals surface area contributed by atoms with Crippen LogP contribution in [-0.2, 0) is 6.54 Å². The van der Waals surface area contributed by atoms with E-state index in [0.29, 0.717) is 17.5 Å². The van der Waals surface area contributed by atoms with Gasteiger partial charge in [-0.05, 0) is 56.1 Å². The number of halogens is 1. The minimum atomic E-state index is 0.299. The average Bonchev–Trinajstić information content (AvgIpc) is 2.97. The summed E-state index contributed by atoms with van der Waals surface area (Å²) in [5, 5.41) is 9.87. The van der Waals surface area contributed by atoms with Gasteiger partial charge in [-0.25, -0.2) is 4.98 Å². The summed E-state index contributed by atoms with van der Waals surface area (Å²) in [7, 11) is 0. The first kappa shape index (κ1) is 14.6. The molecule has 1 aliphatic rings. The lowest BCUT2D eigenvalue weighted by molar-refractivity contribution is 0.121. The van der Waals surface area contributed by atoms with Crippen LogP contribution in [0.4, 0.5) is 0 Å². The van der Waals surface area contributed by atoms with Crippen LogP contribution in [0.2, 0.25) is 5.02 Å². The van der Waals surface area contributed by atoms with Crippen molar-refractivity contribution in [2.24, 2.45) is 5.92 Å². The van der Waals surface area contributed by atoms with Gasteiger partial charge in [0.1, 0.15) is 0 Å². The molecule has 2 heterocycles. The van der Waals surface area contributed by atoms with Crippen LogP contribution in [0.5, 0.6) is 0 Å². The molecule has 0 atom stereocenters. The van der Waals surface area contributed by atoms with E-state index in [-0.39, 0.29) is 0 Å². The maximum atomic E-state index is 9.16. The Morgan fingerprint density at radius 1 is 1.24 bits per heavy atom. The van der Waals surface area contributed by atoms with Crippen LogP contribution in [0.1, 0.15) is 18.7 Å². The van der Waals surface area contributed by atoms with Crippen molar-refractivity contribution in [3.05, 3.63) is 41.4 Å². The van der Waals surface area contributed by atoms with Crippen molar-refractivity contribution < 1.29 is 9.52 Å². The van der Waals surface area contributed by atoms with Crippen molar-refractivity contribution in [2.45, 2.75) is 19.4 Å². The topological polar surface area (TPSA) is 49.5 Å². The third-order valence-corrected chi connectivity index (χ3v) is 4.26. The van der Waals surface area contributed by atoms with Crippen molar-refractivity contribution in [1.82, 2.24) is 9.88 Å². The maximum Gasteiger partial charge on any atom is 0.209 e. The van der Waals surface area contributed by atoms with Crippen molar-refractivity contribution in [1.29, 1.82) is 0 Å². The van der Waals surface area contributed by atoms with Gasteiger partial charge in [0.2, 0.25) is 5.89 Å². The van der Waals surface area contributed by atoms with Gasteiger partial charge in [0.15, 0.2) is 5.76 Å². The number of aliphatic hydroxyl groups is 1. The summed E-state index contributed by atoms with van der Waals surface area (Å²) in [6.07, 6.45) is 3.85. The van der Waals surface area contributed by atoms with E-state index in [9.17, 15) is 0 Å². The van der Waals surface area contributed by atoms with Crippen LogP contribution < -0.4 is 0 Å². The lowest BCUT2D eigenvalue weighted by atomic mass is 9.98. The van der Waals surface area contributed by atoms with Crippen LogP contribution in [0, 0.1) is 5.92 Å². The van der Waals surface area contributed by atoms with Crippen molar-refractivity contribution in [2.75, 3.05) is 19.7 Å². The first-order valence-electron chi connectivity index (χ1n) is 7.28. The Kier molecular flexibility index (Phi) is 4.58. The zero-order valence-electron chi connectivity index (χ0n) is 11.8. The highest BCUT2D eigenvalue weighted by Gasteiger charge is 2.20. The van der Waals surface area contributed by atoms with Crippen LogP contribution in [0.3, 0.4) is 0 Å². The summed E-state index contributed by atoms with van der Waals surface area (Å²) in [6.45, 7) is 3.01. The Morgan fingerprint density at radius 2 is 1.95 bits per heavy atom. The van der Waals surface area contributed by atoms with Gasteiger partial charge in [0, 0.05) is 17.2 Å². The van der Waals surface area contributed by atoms with Gasteiger partial charge in [-0.15, -0.1) is 0 Å². The first-order valence-corrected chi connectivity index (χ1v) is 7.66. The highest BCUT2D eigenvalue weighted by Crippen LogP contribution is 2.24. The summed E-state index contributed by atoms with van der Waals surface area (Å²) < 4.78 is 5.82. The summed E-state index contributed by atoms with van der Waals surface area (Å²) in [5.41, 5.74) is 0.983. The monoisotopic (exact) mass is 306 g/mol. The molecule has 3 rings (SSSR count). The summed E-state index contributed by atoms with van der Waals surface area (Å²) in [5.74, 6) is 1.96. The molecule has 1 N–H and O–H groups in total. The fourth-order valence-corrected chi connectivity index (χ4v) is 2.78. The molecular weight excluding hydrogens is 288 g/mol. The molecule has 112 valence electrons. The molecule has 1 aromatic carbocycles. The van der Waals surface area contributed by atoms with Crippen molar-refractivity contribution in [3.8, 4) is 11.3 Å². The summed E-state index contributed by atoms with van der Waals surface area (Å²) in [6, 6.07) is 7.55. The van der Waals surface area contributed by atoms with E-state index in [1.165, 1.54) is 0 Å². The van der Waals surface area contributed by atoms with Gasteiger partial charge in [-0.1, -0.05) is 11.6 Å². The zero-order valence-corrected chi connectivity index (χ0v) is 12.6. The Morgan fingerprint density at radius 3 is 2.62 bits per heavy atom. The minimum absolute atomic E-state index is 0.299. The second-order valence-corrected chi connectivity index (χ2v) is 5.96. The number of rotatable bonds is 4. The van der Waals surface area contributed by atoms with E-state index in [1.54, 1.807) is 6.20 Å². The molecule has 2 aromatic rings. The second-order valence-electron chi connectivity index (χ2n) is 5.53. The minimum Gasteiger partial charge on any atom is -0.439 e. The van der Waals surface area contributed by atoms with E-state index in [0.717, 1.165) is 49.7 Å². The molecule has 1 aliphatic heterocycles. The number of nitrogens with zero attached hydrogens (tertiary/aromatic N) is 2. The van der Waals surface area contributed by atoms with Gasteiger partial charge in [0.05, 0.1) is 12.7 Å². The number of hydrogen-bond donors (Lipinski definition) is 1. The molecule has 0 saturated carbocycles. The summed E-state index contributed by atoms with van der Waals surface area (Å²) >= 11 is 5.89. The molecule has 1 aromatic heterocycles. The van der Waals surface area contributed by atoms with E-state index in [2.05, 4.69) is 9.88 Å². The summed E-state index contributed by atoms with van der Waals surface area (Å²) in [4.78, 5) is 6.68. The van der Waals surface area contributed by atoms with Gasteiger partial charge >= 0.3 is 0 Å². The molecular formula is C16H19ClN2O2. The van der Waals surface area contributed by atoms with Gasteiger partial charge in [-0.2, -0.15) is 0 Å². The molecule has 0 unspecified atom stereocenters. The van der Waals surface area contributed by atoms with Crippen molar-refractivity contribution in [3.63, 3.8) is 0 Å². The fraction of sp³-hybridized carbons (Fsp3) is 0.438. The number of aliphatic hydroxyl groups excluding tert-OH is 1. The number of piperidine rings is 1. The largest absolute Gasteiger partial charge is 0.439 e. The Labute approximate surface area is 129 Å². The van der Waals surface area contributed by atoms with Gasteiger partial charge in [-0.3, -0.25) is 4.90 Å². The van der Waals surface area contributed by atoms with Gasteiger partial charge < -0.3 is 9.52 Å². The SMILES string of the molecule is OCC1CCN(Cc2ncc(-c3ccc(Cl)cc3)o2)CC1. The molecule has 4 nitrogen and oxygen atoms in total. The zero-order chi connectivity index (χ0) is 14.7. The van der Waals surface area contributed by atoms with Crippen LogP contribution >= 0.6 is 11.6 Å². The smallest absolute Gasteiger partial charge is 0.209 e. The lowest BCUT2D eigenvalue weighted by Gasteiger charge is -2.29. The first-order chi connectivity index (χ1) is 10.2. The molecule has 0 bridgehead atoms. The highest BCUT2D eigenvalue weighted by molar-refractivity contribution is 6.30. The predicted octanol–water partition coefficient (Wildman–Crippen LogP) is 3.20. The molecule has 5 heteroatoms. The number of likely N-dealkylation sites (tertiary alicyclic amines) is 1. The molecule has 0 spiro atoms. The number of aromatic nitrogens is 1. The van der Waals surface area contributed by atoms with E-state index < -0.39 is 0 Å². The Hall–Kier alpha value is -1.36. The normalized spacial score (nSPS) is 17.2. The quantitative estimate of drug-likeness (QED) is 0.942. The molecule has 21 heavy (non-hydrogen) atoms. The lowest BCUT2D eigenvalue weighted by Crippen LogP contribution is -2.34. The second kappa shape index (κ2) is 6.60. The average molecular weight is 307 g/mol. The Bertz CT molecular complexity index is 574. The van der Waals surface area contributed by atoms with E-state index in [4.69, 9.17) is 21.1 Å². The van der Waals surface area contributed by atoms with Crippen LogP contribution in [0.15, 0.2) is 34.9 Å². The van der Waals surface area contributed by atoms with E-state index in [1.807, 2.05) is 24.3 Å². The van der Waals surface area contributed by atoms with Crippen LogP contribution in [-0.4, -0.2) is 34.7 Å². The van der Waals surface area contributed by atoms with Gasteiger partial charge in [0.25, 0.3) is 0 Å². The van der Waals surface area contributed by atoms with E-state index >= 15 is 0 Å². The molecule has 1 saturated heterocycles. The molecule has 0 amide bonds. The molecule has 0 radical (unpaired) electrons.